The first-order valence-corrected chi connectivity index (χ1v) is 18.4. The number of aromatic nitrogens is 4. The Morgan fingerprint density at radius 2 is 0.940 bits per heavy atom. The Bertz CT molecular complexity index is 2800. The number of nitrogens with zero attached hydrogens (tertiary/aromatic N) is 4. The summed E-state index contributed by atoms with van der Waals surface area (Å²) in [6.45, 7) is 0. The SMILES string of the molecule is c1ccc(-c2nc(-c3ccccc3)nc(-c3cccc4c3[se]c3ccc(-c5ccc6c(c5)c5ccccc5n6-c5ccccc5)cc34)n2)cc1. The van der Waals surface area contributed by atoms with E-state index in [4.69, 9.17) is 15.0 Å². The van der Waals surface area contributed by atoms with Gasteiger partial charge in [-0.1, -0.05) is 6.07 Å². The molecule has 0 aliphatic rings. The monoisotopic (exact) mass is 704 g/mol. The van der Waals surface area contributed by atoms with Crippen LogP contribution in [0.3, 0.4) is 0 Å². The van der Waals surface area contributed by atoms with Gasteiger partial charge >= 0.3 is 290 Å². The number of rotatable bonds is 5. The molecule has 3 heterocycles. The average Bonchev–Trinajstić information content (AvgIpc) is 3.74. The van der Waals surface area contributed by atoms with Crippen molar-refractivity contribution in [3.05, 3.63) is 170 Å². The predicted molar refractivity (Wildman–Crippen MR) is 208 cm³/mol. The van der Waals surface area contributed by atoms with Gasteiger partial charge in [0.15, 0.2) is 0 Å². The second kappa shape index (κ2) is 11.8. The summed E-state index contributed by atoms with van der Waals surface area (Å²) in [6, 6.07) is 60.1. The van der Waals surface area contributed by atoms with E-state index >= 15 is 0 Å². The third kappa shape index (κ3) is 4.79. The Morgan fingerprint density at radius 1 is 0.380 bits per heavy atom. The van der Waals surface area contributed by atoms with Crippen molar-refractivity contribution >= 4 is 55.6 Å². The number of fused-ring (bicyclic) bond motifs is 6. The number of hydrogen-bond acceptors (Lipinski definition) is 3. The molecular formula is C45H28N4Se. The molecule has 0 N–H and O–H groups in total. The minimum atomic E-state index is 0.110. The van der Waals surface area contributed by atoms with Crippen LogP contribution >= 0.6 is 0 Å². The summed E-state index contributed by atoms with van der Waals surface area (Å²) >= 11 is 0.110. The van der Waals surface area contributed by atoms with Crippen molar-refractivity contribution in [2.75, 3.05) is 0 Å². The molecule has 0 bridgehead atoms. The molecule has 0 saturated carbocycles. The van der Waals surface area contributed by atoms with Gasteiger partial charge < -0.3 is 0 Å². The van der Waals surface area contributed by atoms with E-state index in [-0.39, 0.29) is 14.5 Å². The van der Waals surface area contributed by atoms with Gasteiger partial charge in [0.25, 0.3) is 0 Å². The predicted octanol–water partition coefficient (Wildman–Crippen LogP) is 11.0. The maximum atomic E-state index is 5.07. The van der Waals surface area contributed by atoms with Crippen molar-refractivity contribution in [2.24, 2.45) is 0 Å². The van der Waals surface area contributed by atoms with Crippen LogP contribution in [0.2, 0.25) is 0 Å². The quantitative estimate of drug-likeness (QED) is 0.168. The molecule has 10 aromatic rings. The minimum absolute atomic E-state index is 0.110. The molecule has 5 heteroatoms. The fraction of sp³-hybridized carbons (Fsp3) is 0. The molecule has 4 nitrogen and oxygen atoms in total. The number of benzene rings is 7. The molecule has 0 spiro atoms. The van der Waals surface area contributed by atoms with E-state index in [1.807, 2.05) is 36.4 Å². The van der Waals surface area contributed by atoms with Crippen LogP contribution in [0.4, 0.5) is 0 Å². The van der Waals surface area contributed by atoms with Crippen LogP contribution in [0.1, 0.15) is 0 Å². The molecule has 50 heavy (non-hydrogen) atoms. The van der Waals surface area contributed by atoms with Crippen LogP contribution in [0, 0.1) is 0 Å². The Balaban J connectivity index is 1.12. The third-order valence-corrected chi connectivity index (χ3v) is 12.0. The molecule has 0 radical (unpaired) electrons. The molecule has 0 aliphatic heterocycles. The van der Waals surface area contributed by atoms with Crippen molar-refractivity contribution < 1.29 is 0 Å². The summed E-state index contributed by atoms with van der Waals surface area (Å²) in [5, 5.41) is 5.08. The number of hydrogen-bond donors (Lipinski definition) is 0. The second-order valence-electron chi connectivity index (χ2n) is 12.5. The molecular weight excluding hydrogens is 675 g/mol. The van der Waals surface area contributed by atoms with Gasteiger partial charge in [-0.15, -0.1) is 0 Å². The van der Waals surface area contributed by atoms with Gasteiger partial charge in [-0.3, -0.25) is 0 Å². The Hall–Kier alpha value is -6.13. The van der Waals surface area contributed by atoms with E-state index in [9.17, 15) is 0 Å². The van der Waals surface area contributed by atoms with Crippen molar-refractivity contribution in [3.8, 4) is 51.0 Å². The fourth-order valence-electron chi connectivity index (χ4n) is 7.09. The van der Waals surface area contributed by atoms with Gasteiger partial charge in [-0.2, -0.15) is 0 Å². The molecule has 0 fully saturated rings. The topological polar surface area (TPSA) is 43.6 Å². The van der Waals surface area contributed by atoms with Gasteiger partial charge in [0.2, 0.25) is 0 Å². The van der Waals surface area contributed by atoms with Crippen LogP contribution < -0.4 is 0 Å². The molecule has 0 atom stereocenters. The summed E-state index contributed by atoms with van der Waals surface area (Å²) in [5.74, 6) is 2.08. The average molecular weight is 704 g/mol. The number of para-hydroxylation sites is 2. The molecule has 3 aromatic heterocycles. The van der Waals surface area contributed by atoms with Crippen LogP contribution in [0.15, 0.2) is 170 Å². The van der Waals surface area contributed by atoms with Crippen molar-refractivity contribution in [1.82, 2.24) is 19.5 Å². The molecule has 0 amide bonds. The van der Waals surface area contributed by atoms with E-state index in [0.717, 1.165) is 16.7 Å². The molecule has 0 unspecified atom stereocenters. The van der Waals surface area contributed by atoms with Crippen molar-refractivity contribution in [3.63, 3.8) is 0 Å². The van der Waals surface area contributed by atoms with Crippen LogP contribution in [-0.2, 0) is 0 Å². The van der Waals surface area contributed by atoms with E-state index in [1.54, 1.807) is 0 Å². The molecule has 0 saturated heterocycles. The van der Waals surface area contributed by atoms with E-state index < -0.39 is 0 Å². The van der Waals surface area contributed by atoms with Gasteiger partial charge in [-0.05, 0) is 0 Å². The summed E-state index contributed by atoms with van der Waals surface area (Å²) in [7, 11) is 0. The van der Waals surface area contributed by atoms with Crippen molar-refractivity contribution in [1.29, 1.82) is 0 Å². The molecule has 10 rings (SSSR count). The summed E-state index contributed by atoms with van der Waals surface area (Å²) in [6.07, 6.45) is 0. The zero-order chi connectivity index (χ0) is 33.0. The standard InChI is InChI=1S/C45H28N4Se/c1-4-13-29(14-5-1)43-46-44(30-15-6-2-7-16-30)48-45(47-43)36-21-12-20-35-38-28-32(24-26-41(38)50-42(35)36)31-23-25-40-37(27-31)34-19-10-11-22-39(34)49(40)33-17-8-3-9-18-33/h1-28H. The van der Waals surface area contributed by atoms with Crippen LogP contribution in [0.5, 0.6) is 0 Å². The van der Waals surface area contributed by atoms with Crippen LogP contribution in [0.25, 0.3) is 92.1 Å². The van der Waals surface area contributed by atoms with Gasteiger partial charge in [-0.25, -0.2) is 0 Å². The van der Waals surface area contributed by atoms with E-state index in [0.29, 0.717) is 17.5 Å². The first-order chi connectivity index (χ1) is 24.8. The first-order valence-electron chi connectivity index (χ1n) is 16.7. The zero-order valence-corrected chi connectivity index (χ0v) is 28.6. The Labute approximate surface area is 294 Å². The second-order valence-corrected chi connectivity index (χ2v) is 14.7. The Morgan fingerprint density at radius 3 is 1.66 bits per heavy atom. The first kappa shape index (κ1) is 28.8. The molecule has 0 aliphatic carbocycles. The third-order valence-electron chi connectivity index (χ3n) is 9.46. The fourth-order valence-corrected chi connectivity index (χ4v) is 9.59. The van der Waals surface area contributed by atoms with E-state index in [1.165, 1.54) is 57.9 Å². The van der Waals surface area contributed by atoms with Gasteiger partial charge in [0.1, 0.15) is 0 Å². The summed E-state index contributed by atoms with van der Waals surface area (Å²) in [5.41, 5.74) is 9.05. The summed E-state index contributed by atoms with van der Waals surface area (Å²) < 4.78 is 5.06. The normalized spacial score (nSPS) is 11.6. The van der Waals surface area contributed by atoms with Gasteiger partial charge in [0, 0.05) is 0 Å². The van der Waals surface area contributed by atoms with E-state index in [2.05, 4.69) is 138 Å². The van der Waals surface area contributed by atoms with Gasteiger partial charge in [0.05, 0.1) is 0 Å². The van der Waals surface area contributed by atoms with Crippen LogP contribution in [-0.4, -0.2) is 34.0 Å². The summed E-state index contributed by atoms with van der Waals surface area (Å²) in [4.78, 5) is 15.1. The zero-order valence-electron chi connectivity index (χ0n) is 26.9. The Kier molecular flexibility index (Phi) is 6.80. The molecule has 234 valence electrons. The molecule has 7 aromatic carbocycles. The van der Waals surface area contributed by atoms with Crippen molar-refractivity contribution in [2.45, 2.75) is 0 Å². The maximum absolute atomic E-state index is 5.07.